The van der Waals surface area contributed by atoms with E-state index in [1.54, 1.807) is 0 Å². The van der Waals surface area contributed by atoms with Gasteiger partial charge in [0.1, 0.15) is 0 Å². The lowest BCUT2D eigenvalue weighted by Crippen LogP contribution is -2.31. The molecule has 1 rings (SSSR count). The summed E-state index contributed by atoms with van der Waals surface area (Å²) in [5.74, 6) is 1.09. The zero-order valence-corrected chi connectivity index (χ0v) is 12.6. The lowest BCUT2D eigenvalue weighted by molar-refractivity contribution is 0.292. The zero-order valence-electron chi connectivity index (χ0n) is 12.6. The fourth-order valence-corrected chi connectivity index (χ4v) is 1.30. The summed E-state index contributed by atoms with van der Waals surface area (Å²) in [6.45, 7) is 11.7. The molecule has 108 valence electrons. The average Bonchev–Trinajstić information content (AvgIpc) is 2.36. The molecule has 0 spiro atoms. The Balaban J connectivity index is 2.91. The maximum absolute atomic E-state index is 5.49. The molecule has 0 saturated carbocycles. The van der Waals surface area contributed by atoms with Crippen molar-refractivity contribution in [1.29, 1.82) is 0 Å². The van der Waals surface area contributed by atoms with Gasteiger partial charge in [-0.25, -0.2) is 0 Å². The second-order valence-electron chi connectivity index (χ2n) is 5.01. The minimum Gasteiger partial charge on any atom is -0.463 e. The fraction of sp³-hybridized carbons (Fsp3) is 0.769. The van der Waals surface area contributed by atoms with Crippen LogP contribution in [0.5, 0.6) is 6.01 Å². The van der Waals surface area contributed by atoms with Gasteiger partial charge in [-0.15, -0.1) is 0 Å². The van der Waals surface area contributed by atoms with Crippen molar-refractivity contribution in [1.82, 2.24) is 15.0 Å². The third kappa shape index (κ3) is 5.28. The summed E-state index contributed by atoms with van der Waals surface area (Å²) in [6, 6.07) is 0.363. The van der Waals surface area contributed by atoms with E-state index in [1.165, 1.54) is 0 Å². The molecule has 2 N–H and O–H groups in total. The highest BCUT2D eigenvalue weighted by molar-refractivity contribution is 5.37. The van der Waals surface area contributed by atoms with Crippen molar-refractivity contribution in [3.63, 3.8) is 0 Å². The molecule has 1 aromatic heterocycles. The van der Waals surface area contributed by atoms with Crippen LogP contribution in [0.1, 0.15) is 47.5 Å². The van der Waals surface area contributed by atoms with E-state index in [1.807, 2.05) is 13.8 Å². The average molecular weight is 267 g/mol. The summed E-state index contributed by atoms with van der Waals surface area (Å²) in [4.78, 5) is 12.9. The van der Waals surface area contributed by atoms with Gasteiger partial charge in [-0.1, -0.05) is 13.8 Å². The Morgan fingerprint density at radius 2 is 1.74 bits per heavy atom. The highest BCUT2D eigenvalue weighted by atomic mass is 16.5. The van der Waals surface area contributed by atoms with Gasteiger partial charge in [0.15, 0.2) is 0 Å². The molecule has 0 bridgehead atoms. The Kier molecular flexibility index (Phi) is 5.79. The topological polar surface area (TPSA) is 72.0 Å². The van der Waals surface area contributed by atoms with Crippen molar-refractivity contribution in [2.24, 2.45) is 0 Å². The minimum atomic E-state index is -0.0626. The smallest absolute Gasteiger partial charge is 0.323 e. The first-order valence-corrected chi connectivity index (χ1v) is 6.91. The summed E-state index contributed by atoms with van der Waals surface area (Å²) >= 11 is 0. The first-order valence-electron chi connectivity index (χ1n) is 6.91. The normalized spacial score (nSPS) is 11.2. The van der Waals surface area contributed by atoms with Crippen molar-refractivity contribution < 1.29 is 4.74 Å². The second kappa shape index (κ2) is 7.11. The fourth-order valence-electron chi connectivity index (χ4n) is 1.30. The first-order chi connectivity index (χ1) is 9.00. The SMILES string of the molecule is CCCOc1nc(NCC)nc(NC(C)(C)CC)n1. The number of ether oxygens (including phenoxy) is 1. The molecule has 1 aromatic rings. The summed E-state index contributed by atoms with van der Waals surface area (Å²) in [5.41, 5.74) is -0.0626. The first kappa shape index (κ1) is 15.5. The standard InChI is InChI=1S/C13H25N5O/c1-6-9-19-12-16-10(14-8-3)15-11(17-12)18-13(4,5)7-2/h6-9H2,1-5H3,(H2,14,15,16,17,18). The van der Waals surface area contributed by atoms with E-state index in [0.29, 0.717) is 24.5 Å². The predicted molar refractivity (Wildman–Crippen MR) is 77.8 cm³/mol. The molecule has 6 nitrogen and oxygen atoms in total. The molecule has 0 fully saturated rings. The maximum atomic E-state index is 5.49. The van der Waals surface area contributed by atoms with E-state index >= 15 is 0 Å². The van der Waals surface area contributed by atoms with Crippen LogP contribution in [-0.2, 0) is 0 Å². The summed E-state index contributed by atoms with van der Waals surface area (Å²) < 4.78 is 5.49. The van der Waals surface area contributed by atoms with Crippen LogP contribution in [0.15, 0.2) is 0 Å². The van der Waals surface area contributed by atoms with Crippen molar-refractivity contribution in [2.75, 3.05) is 23.8 Å². The van der Waals surface area contributed by atoms with Crippen molar-refractivity contribution in [2.45, 2.75) is 53.0 Å². The molecule has 0 aliphatic rings. The van der Waals surface area contributed by atoms with E-state index in [0.717, 1.165) is 19.4 Å². The molecular formula is C13H25N5O. The molecule has 19 heavy (non-hydrogen) atoms. The Morgan fingerprint density at radius 3 is 2.32 bits per heavy atom. The highest BCUT2D eigenvalue weighted by Gasteiger charge is 2.17. The van der Waals surface area contributed by atoms with Gasteiger partial charge in [0.05, 0.1) is 6.61 Å². The second-order valence-corrected chi connectivity index (χ2v) is 5.01. The lowest BCUT2D eigenvalue weighted by atomic mass is 10.0. The Bertz CT molecular complexity index is 395. The molecule has 0 amide bonds. The minimum absolute atomic E-state index is 0.0626. The van der Waals surface area contributed by atoms with Crippen LogP contribution in [0.25, 0.3) is 0 Å². The number of nitrogens with zero attached hydrogens (tertiary/aromatic N) is 3. The lowest BCUT2D eigenvalue weighted by Gasteiger charge is -2.24. The number of rotatable bonds is 8. The third-order valence-corrected chi connectivity index (χ3v) is 2.72. The molecule has 0 atom stereocenters. The van der Waals surface area contributed by atoms with Crippen LogP contribution < -0.4 is 15.4 Å². The highest BCUT2D eigenvalue weighted by Crippen LogP contribution is 2.17. The van der Waals surface area contributed by atoms with Crippen molar-refractivity contribution >= 4 is 11.9 Å². The number of hydrogen-bond donors (Lipinski definition) is 2. The van der Waals surface area contributed by atoms with Gasteiger partial charge in [0.2, 0.25) is 11.9 Å². The molecule has 0 saturated heterocycles. The molecule has 0 radical (unpaired) electrons. The van der Waals surface area contributed by atoms with Gasteiger partial charge in [0.25, 0.3) is 0 Å². The van der Waals surface area contributed by atoms with Crippen LogP contribution in [0, 0.1) is 0 Å². The predicted octanol–water partition coefficient (Wildman–Crippen LogP) is 2.69. The van der Waals surface area contributed by atoms with E-state index in [9.17, 15) is 0 Å². The van der Waals surface area contributed by atoms with Crippen LogP contribution in [0.4, 0.5) is 11.9 Å². The Morgan fingerprint density at radius 1 is 1.05 bits per heavy atom. The van der Waals surface area contributed by atoms with Gasteiger partial charge >= 0.3 is 6.01 Å². The largest absolute Gasteiger partial charge is 0.463 e. The molecular weight excluding hydrogens is 242 g/mol. The van der Waals surface area contributed by atoms with Gasteiger partial charge in [-0.3, -0.25) is 0 Å². The van der Waals surface area contributed by atoms with Crippen molar-refractivity contribution in [3.8, 4) is 6.01 Å². The van der Waals surface area contributed by atoms with Crippen molar-refractivity contribution in [3.05, 3.63) is 0 Å². The van der Waals surface area contributed by atoms with Crippen LogP contribution in [-0.4, -0.2) is 33.6 Å². The van der Waals surface area contributed by atoms with E-state index in [-0.39, 0.29) is 5.54 Å². The van der Waals surface area contributed by atoms with Crippen LogP contribution in [0.2, 0.25) is 0 Å². The van der Waals surface area contributed by atoms with Gasteiger partial charge in [0, 0.05) is 12.1 Å². The van der Waals surface area contributed by atoms with Crippen LogP contribution >= 0.6 is 0 Å². The van der Waals surface area contributed by atoms with Gasteiger partial charge in [-0.2, -0.15) is 15.0 Å². The molecule has 0 unspecified atom stereocenters. The van der Waals surface area contributed by atoms with Gasteiger partial charge in [-0.05, 0) is 33.6 Å². The number of hydrogen-bond acceptors (Lipinski definition) is 6. The number of aromatic nitrogens is 3. The third-order valence-electron chi connectivity index (χ3n) is 2.72. The molecule has 0 aliphatic heterocycles. The zero-order chi connectivity index (χ0) is 14.3. The van der Waals surface area contributed by atoms with E-state index in [4.69, 9.17) is 4.74 Å². The maximum Gasteiger partial charge on any atom is 0.323 e. The van der Waals surface area contributed by atoms with E-state index in [2.05, 4.69) is 46.4 Å². The number of nitrogens with one attached hydrogen (secondary N) is 2. The quantitative estimate of drug-likeness (QED) is 0.754. The molecule has 1 heterocycles. The Hall–Kier alpha value is -1.59. The van der Waals surface area contributed by atoms with E-state index < -0.39 is 0 Å². The molecule has 0 aliphatic carbocycles. The summed E-state index contributed by atoms with van der Waals surface area (Å²) in [5, 5.41) is 6.39. The number of anilines is 2. The Labute approximate surface area is 115 Å². The molecule has 6 heteroatoms. The summed E-state index contributed by atoms with van der Waals surface area (Å²) in [6.07, 6.45) is 1.89. The van der Waals surface area contributed by atoms with Gasteiger partial charge < -0.3 is 15.4 Å². The summed E-state index contributed by atoms with van der Waals surface area (Å²) in [7, 11) is 0. The monoisotopic (exact) mass is 267 g/mol. The van der Waals surface area contributed by atoms with Crippen LogP contribution in [0.3, 0.4) is 0 Å². The molecule has 0 aromatic carbocycles.